The summed E-state index contributed by atoms with van der Waals surface area (Å²) < 4.78 is 58.1. The molecule has 0 bridgehead atoms. The SMILES string of the molecule is C[C@@H]1CN(C(=O)c2c(CN3CCC(c4c(F)cccc4Cl)CC3)c3ccccc3n2CC(N)=O)C[C@H](C)O1.NC(=O)Cn1c(C(=O)N2CCOCC2)c(CN2CCC(c3c(F)cccc3Cl)CC2)c2cc(F)ccc21. The highest BCUT2D eigenvalue weighted by Crippen LogP contribution is 2.39. The fourth-order valence-corrected chi connectivity index (χ4v) is 12.3. The van der Waals surface area contributed by atoms with E-state index < -0.39 is 17.6 Å². The Hall–Kier alpha value is -5.95. The van der Waals surface area contributed by atoms with E-state index in [1.807, 2.05) is 43.0 Å². The van der Waals surface area contributed by atoms with Crippen LogP contribution in [-0.2, 0) is 45.2 Å². The first-order valence-electron chi connectivity index (χ1n) is 25.7. The van der Waals surface area contributed by atoms with E-state index in [9.17, 15) is 32.3 Å². The number of piperidine rings is 2. The number of halogens is 5. The third-order valence-electron chi connectivity index (χ3n) is 15.0. The number of nitrogens with zero attached hydrogens (tertiary/aromatic N) is 6. The highest BCUT2D eigenvalue weighted by atomic mass is 35.5. The average molecular weight is 1070 g/mol. The third-order valence-corrected chi connectivity index (χ3v) is 15.7. The quantitative estimate of drug-likeness (QED) is 0.123. The molecule has 0 radical (unpaired) electrons. The molecule has 4 fully saturated rings. The molecule has 4 amide bonds. The van der Waals surface area contributed by atoms with Gasteiger partial charge in [-0.25, -0.2) is 13.2 Å². The lowest BCUT2D eigenvalue weighted by atomic mass is 9.88. The highest BCUT2D eigenvalue weighted by Gasteiger charge is 2.35. The molecule has 14 nitrogen and oxygen atoms in total. The van der Waals surface area contributed by atoms with Crippen LogP contribution >= 0.6 is 23.2 Å². The second-order valence-electron chi connectivity index (χ2n) is 20.2. The lowest BCUT2D eigenvalue weighted by molar-refractivity contribution is -0.119. The number of benzene rings is 4. The molecular formula is C56H63Cl2F3N8O6. The van der Waals surface area contributed by atoms with Crippen LogP contribution in [0.5, 0.6) is 0 Å². The Labute approximate surface area is 444 Å². The Bertz CT molecular complexity index is 3040. The maximum atomic E-state index is 14.5. The van der Waals surface area contributed by atoms with Gasteiger partial charge in [-0.3, -0.25) is 29.0 Å². The van der Waals surface area contributed by atoms with Crippen LogP contribution in [0.25, 0.3) is 21.8 Å². The topological polar surface area (TPSA) is 162 Å². The zero-order valence-electron chi connectivity index (χ0n) is 42.2. The summed E-state index contributed by atoms with van der Waals surface area (Å²) in [6.45, 7) is 10.0. The molecule has 4 aliphatic heterocycles. The Kier molecular flexibility index (Phi) is 16.9. The van der Waals surface area contributed by atoms with Crippen LogP contribution < -0.4 is 11.5 Å². The summed E-state index contributed by atoms with van der Waals surface area (Å²) in [4.78, 5) is 59.9. The molecule has 0 spiro atoms. The van der Waals surface area contributed by atoms with E-state index in [2.05, 4.69) is 9.80 Å². The fraction of sp³-hybridized carbons (Fsp3) is 0.429. The molecule has 75 heavy (non-hydrogen) atoms. The maximum absolute atomic E-state index is 14.5. The molecule has 4 aromatic carbocycles. The lowest BCUT2D eigenvalue weighted by Crippen LogP contribution is -2.49. The van der Waals surface area contributed by atoms with Gasteiger partial charge < -0.3 is 39.9 Å². The molecule has 6 aromatic rings. The van der Waals surface area contributed by atoms with Crippen molar-refractivity contribution < 1.29 is 41.8 Å². The number of nitrogens with two attached hydrogens (primary N) is 2. The zero-order chi connectivity index (χ0) is 53.1. The van der Waals surface area contributed by atoms with Crippen molar-refractivity contribution in [1.82, 2.24) is 28.7 Å². The molecule has 4 aliphatic rings. The van der Waals surface area contributed by atoms with Gasteiger partial charge in [0.1, 0.15) is 41.9 Å². The smallest absolute Gasteiger partial charge is 0.271 e. The predicted octanol–water partition coefficient (Wildman–Crippen LogP) is 8.46. The molecule has 4 N–H and O–H groups in total. The Morgan fingerprint density at radius 2 is 1.05 bits per heavy atom. The van der Waals surface area contributed by atoms with Gasteiger partial charge in [0.05, 0.1) is 25.4 Å². The Balaban J connectivity index is 0.000000184. The summed E-state index contributed by atoms with van der Waals surface area (Å²) in [6, 6.07) is 21.6. The second-order valence-corrected chi connectivity index (χ2v) is 21.0. The van der Waals surface area contributed by atoms with Crippen molar-refractivity contribution >= 4 is 68.6 Å². The molecule has 0 saturated carbocycles. The largest absolute Gasteiger partial charge is 0.378 e. The summed E-state index contributed by atoms with van der Waals surface area (Å²) >= 11 is 12.6. The summed E-state index contributed by atoms with van der Waals surface area (Å²) in [5.74, 6) is -2.38. The van der Waals surface area contributed by atoms with E-state index in [0.717, 1.165) is 42.4 Å². The number of morpholine rings is 2. The van der Waals surface area contributed by atoms with Gasteiger partial charge in [-0.15, -0.1) is 0 Å². The van der Waals surface area contributed by atoms with Crippen LogP contribution in [0.4, 0.5) is 13.2 Å². The number of carbonyl (C=O) groups excluding carboxylic acids is 4. The lowest BCUT2D eigenvalue weighted by Gasteiger charge is -2.36. The molecule has 2 aromatic heterocycles. The maximum Gasteiger partial charge on any atom is 0.271 e. The summed E-state index contributed by atoms with van der Waals surface area (Å²) in [6.07, 6.45) is 2.77. The van der Waals surface area contributed by atoms with Gasteiger partial charge in [0.15, 0.2) is 0 Å². The molecule has 0 unspecified atom stereocenters. The van der Waals surface area contributed by atoms with E-state index in [1.54, 1.807) is 44.4 Å². The van der Waals surface area contributed by atoms with E-state index >= 15 is 0 Å². The Morgan fingerprint density at radius 1 is 0.587 bits per heavy atom. The van der Waals surface area contributed by atoms with E-state index in [0.29, 0.717) is 127 Å². The van der Waals surface area contributed by atoms with Crippen LogP contribution in [0.2, 0.25) is 10.0 Å². The van der Waals surface area contributed by atoms with Gasteiger partial charge >= 0.3 is 0 Å². The number of carbonyl (C=O) groups is 4. The van der Waals surface area contributed by atoms with Gasteiger partial charge in [-0.2, -0.15) is 0 Å². The first-order valence-corrected chi connectivity index (χ1v) is 26.4. The minimum Gasteiger partial charge on any atom is -0.378 e. The predicted molar refractivity (Wildman–Crippen MR) is 282 cm³/mol. The molecular weight excluding hydrogens is 1010 g/mol. The first kappa shape index (κ1) is 53.9. The average Bonchev–Trinajstić information content (AvgIpc) is 3.85. The van der Waals surface area contributed by atoms with Gasteiger partial charge in [0.25, 0.3) is 11.8 Å². The molecule has 6 heterocycles. The highest BCUT2D eigenvalue weighted by molar-refractivity contribution is 6.31. The van der Waals surface area contributed by atoms with Gasteiger partial charge in [-0.05, 0) is 126 Å². The minimum atomic E-state index is -0.591. The summed E-state index contributed by atoms with van der Waals surface area (Å²) in [5, 5.41) is 2.42. The normalized spacial score (nSPS) is 19.3. The van der Waals surface area contributed by atoms with Crippen molar-refractivity contribution in [3.63, 3.8) is 0 Å². The number of fused-ring (bicyclic) bond motifs is 2. The standard InChI is InChI=1S/C29H34ClFN4O3.C27H29ClF2N4O3/c1-18-14-34(15-19(2)38-18)29(37)28-22(21-6-3-4-9-25(21)35(28)17-26(32)36)16-33-12-10-20(11-13-33)27-23(30)7-5-8-24(27)31;28-21-2-1-3-22(30)25(21)17-6-8-32(9-7-17)15-20-19-14-18(29)4-5-23(19)34(16-24(31)35)26(20)27(36)33-10-12-37-13-11-33/h3-9,18-20H,10-17H2,1-2H3,(H2,32,36);1-5,14,17H,6-13,15-16H2,(H2,31,35)/t18-,19+;. The number of aromatic nitrogens is 2. The van der Waals surface area contributed by atoms with Crippen LogP contribution in [0, 0.1) is 17.5 Å². The minimum absolute atomic E-state index is 0.00643. The van der Waals surface area contributed by atoms with Crippen LogP contribution in [0.15, 0.2) is 78.9 Å². The van der Waals surface area contributed by atoms with Crippen molar-refractivity contribution in [1.29, 1.82) is 0 Å². The van der Waals surface area contributed by atoms with Crippen LogP contribution in [-0.4, -0.2) is 130 Å². The molecule has 398 valence electrons. The van der Waals surface area contributed by atoms with Gasteiger partial charge in [0.2, 0.25) is 11.8 Å². The van der Waals surface area contributed by atoms with Crippen LogP contribution in [0.3, 0.4) is 0 Å². The molecule has 4 saturated heterocycles. The van der Waals surface area contributed by atoms with Crippen molar-refractivity contribution in [3.8, 4) is 0 Å². The number of amides is 4. The van der Waals surface area contributed by atoms with E-state index in [4.69, 9.17) is 44.1 Å². The number of likely N-dealkylation sites (tertiary alicyclic amines) is 2. The van der Waals surface area contributed by atoms with Gasteiger partial charge in [0, 0.05) is 93.4 Å². The van der Waals surface area contributed by atoms with Crippen LogP contribution in [0.1, 0.15) is 94.6 Å². The molecule has 10 rings (SSSR count). The van der Waals surface area contributed by atoms with Crippen molar-refractivity contribution in [2.75, 3.05) is 65.6 Å². The zero-order valence-corrected chi connectivity index (χ0v) is 43.7. The molecule has 0 aliphatic carbocycles. The van der Waals surface area contributed by atoms with Crippen molar-refractivity contribution in [3.05, 3.63) is 140 Å². The summed E-state index contributed by atoms with van der Waals surface area (Å²) in [5.41, 5.74) is 16.1. The summed E-state index contributed by atoms with van der Waals surface area (Å²) in [7, 11) is 0. The van der Waals surface area contributed by atoms with Crippen molar-refractivity contribution in [2.45, 2.75) is 89.8 Å². The molecule has 19 heteroatoms. The molecule has 2 atom stereocenters. The number of ether oxygens (including phenoxy) is 2. The fourth-order valence-electron chi connectivity index (χ4n) is 11.6. The third kappa shape index (κ3) is 11.9. The van der Waals surface area contributed by atoms with E-state index in [1.165, 1.54) is 24.3 Å². The van der Waals surface area contributed by atoms with Crippen molar-refractivity contribution in [2.24, 2.45) is 11.5 Å². The number of primary amides is 2. The number of hydrogen-bond acceptors (Lipinski definition) is 8. The monoisotopic (exact) mass is 1070 g/mol. The number of hydrogen-bond donors (Lipinski definition) is 2. The number of para-hydroxylation sites is 1. The Morgan fingerprint density at radius 3 is 1.55 bits per heavy atom. The second kappa shape index (κ2) is 23.5. The van der Waals surface area contributed by atoms with Gasteiger partial charge in [-0.1, -0.05) is 53.5 Å². The first-order chi connectivity index (χ1) is 36.1. The number of rotatable bonds is 12. The van der Waals surface area contributed by atoms with E-state index in [-0.39, 0.29) is 60.6 Å².